The molecule has 0 saturated carbocycles. The third-order valence-corrected chi connectivity index (χ3v) is 4.89. The molecule has 0 bridgehead atoms. The van der Waals surface area contributed by atoms with Crippen molar-refractivity contribution in [2.45, 2.75) is 25.9 Å². The second-order valence-electron chi connectivity index (χ2n) is 6.63. The van der Waals surface area contributed by atoms with E-state index in [0.29, 0.717) is 24.8 Å². The molecule has 0 N–H and O–H groups in total. The topological polar surface area (TPSA) is 47.4 Å². The minimum absolute atomic E-state index is 0.00552. The number of benzene rings is 1. The Bertz CT molecular complexity index is 693. The summed E-state index contributed by atoms with van der Waals surface area (Å²) in [6.45, 7) is 3.52. The summed E-state index contributed by atoms with van der Waals surface area (Å²) in [4.78, 5) is 18.8. The van der Waals surface area contributed by atoms with E-state index >= 15 is 0 Å². The molecule has 5 heteroatoms. The van der Waals surface area contributed by atoms with Crippen LogP contribution < -0.4 is 0 Å². The lowest BCUT2D eigenvalue weighted by molar-refractivity contribution is -0.00346. The lowest BCUT2D eigenvalue weighted by Crippen LogP contribution is -2.47. The molecule has 5 nitrogen and oxygen atoms in total. The minimum Gasteiger partial charge on any atom is -0.381 e. The number of rotatable bonds is 4. The molecule has 0 unspecified atom stereocenters. The Hall–Kier alpha value is -2.14. The Labute approximate surface area is 143 Å². The molecule has 1 fully saturated rings. The standard InChI is InChI=1S/C19H25N3O2/c1-14-4-6-15(7-5-14)12-16-13-22(10-8-17(16)24-3)19(23)18-20-9-11-21(18)2/h4-7,9,11,16-17H,8,10,12-13H2,1-3H3/t16-,17-/m1/s1. The van der Waals surface area contributed by atoms with Crippen LogP contribution >= 0.6 is 0 Å². The molecule has 2 heterocycles. The van der Waals surface area contributed by atoms with Crippen LogP contribution in [0.4, 0.5) is 0 Å². The van der Waals surface area contributed by atoms with Gasteiger partial charge in [0.2, 0.25) is 0 Å². The predicted molar refractivity (Wildman–Crippen MR) is 92.9 cm³/mol. The maximum Gasteiger partial charge on any atom is 0.289 e. The molecule has 128 valence electrons. The van der Waals surface area contributed by atoms with Crippen LogP contribution in [0.15, 0.2) is 36.7 Å². The summed E-state index contributed by atoms with van der Waals surface area (Å²) in [5.74, 6) is 0.807. The average Bonchev–Trinajstić information content (AvgIpc) is 3.02. The van der Waals surface area contributed by atoms with Crippen LogP contribution in [0.2, 0.25) is 0 Å². The van der Waals surface area contributed by atoms with Crippen molar-refractivity contribution in [1.82, 2.24) is 14.5 Å². The van der Waals surface area contributed by atoms with E-state index in [1.54, 1.807) is 24.1 Å². The third kappa shape index (κ3) is 3.51. The van der Waals surface area contributed by atoms with Gasteiger partial charge in [-0.15, -0.1) is 0 Å². The van der Waals surface area contributed by atoms with Crippen LogP contribution in [0.5, 0.6) is 0 Å². The molecule has 0 radical (unpaired) electrons. The van der Waals surface area contributed by atoms with Crippen molar-refractivity contribution in [3.8, 4) is 0 Å². The van der Waals surface area contributed by atoms with Gasteiger partial charge in [0.05, 0.1) is 6.10 Å². The molecule has 1 aliphatic rings. The van der Waals surface area contributed by atoms with Crippen LogP contribution in [0.25, 0.3) is 0 Å². The SMILES string of the molecule is CO[C@@H]1CCN(C(=O)c2nccn2C)C[C@H]1Cc1ccc(C)cc1. The molecular weight excluding hydrogens is 302 g/mol. The molecule has 1 aliphatic heterocycles. The van der Waals surface area contributed by atoms with Crippen LogP contribution in [0, 0.1) is 12.8 Å². The first-order valence-electron chi connectivity index (χ1n) is 8.43. The number of hydrogen-bond acceptors (Lipinski definition) is 3. The molecular formula is C19H25N3O2. The van der Waals surface area contributed by atoms with Gasteiger partial charge in [-0.1, -0.05) is 29.8 Å². The molecule has 1 amide bonds. The summed E-state index contributed by atoms with van der Waals surface area (Å²) in [5.41, 5.74) is 2.55. The largest absolute Gasteiger partial charge is 0.381 e. The number of carbonyl (C=O) groups excluding carboxylic acids is 1. The summed E-state index contributed by atoms with van der Waals surface area (Å²) in [6.07, 6.45) is 5.45. The number of aromatic nitrogens is 2. The van der Waals surface area contributed by atoms with E-state index in [2.05, 4.69) is 36.2 Å². The first-order chi connectivity index (χ1) is 11.6. The molecule has 2 atom stereocenters. The van der Waals surface area contributed by atoms with Gasteiger partial charge in [0, 0.05) is 45.6 Å². The fourth-order valence-electron chi connectivity index (χ4n) is 3.44. The van der Waals surface area contributed by atoms with Crippen LogP contribution in [0.1, 0.15) is 28.2 Å². The molecule has 1 aromatic carbocycles. The number of imidazole rings is 1. The van der Waals surface area contributed by atoms with Crippen molar-refractivity contribution >= 4 is 5.91 Å². The number of carbonyl (C=O) groups is 1. The van der Waals surface area contributed by atoms with Gasteiger partial charge in [-0.2, -0.15) is 0 Å². The van der Waals surface area contributed by atoms with Gasteiger partial charge < -0.3 is 14.2 Å². The Balaban J connectivity index is 1.73. The van der Waals surface area contributed by atoms with E-state index in [9.17, 15) is 4.79 Å². The number of methoxy groups -OCH3 is 1. The second kappa shape index (κ2) is 7.18. The van der Waals surface area contributed by atoms with E-state index in [-0.39, 0.29) is 12.0 Å². The normalized spacial score (nSPS) is 21.0. The van der Waals surface area contributed by atoms with Gasteiger partial charge in [-0.25, -0.2) is 4.98 Å². The van der Waals surface area contributed by atoms with Gasteiger partial charge in [0.15, 0.2) is 5.82 Å². The van der Waals surface area contributed by atoms with Crippen LogP contribution in [-0.2, 0) is 18.2 Å². The fraction of sp³-hybridized carbons (Fsp3) is 0.474. The quantitative estimate of drug-likeness (QED) is 0.866. The minimum atomic E-state index is 0.00552. The van der Waals surface area contributed by atoms with Crippen molar-refractivity contribution in [2.75, 3.05) is 20.2 Å². The van der Waals surface area contributed by atoms with E-state index in [1.807, 2.05) is 11.9 Å². The second-order valence-corrected chi connectivity index (χ2v) is 6.63. The Morgan fingerprint density at radius 3 is 2.71 bits per heavy atom. The van der Waals surface area contributed by atoms with E-state index < -0.39 is 0 Å². The summed E-state index contributed by atoms with van der Waals surface area (Å²) in [7, 11) is 3.62. The van der Waals surface area contributed by atoms with Crippen molar-refractivity contribution in [2.24, 2.45) is 13.0 Å². The van der Waals surface area contributed by atoms with Crippen molar-refractivity contribution in [1.29, 1.82) is 0 Å². The van der Waals surface area contributed by atoms with Crippen LogP contribution in [0.3, 0.4) is 0 Å². The van der Waals surface area contributed by atoms with Crippen molar-refractivity contribution in [3.63, 3.8) is 0 Å². The lowest BCUT2D eigenvalue weighted by atomic mass is 9.88. The number of likely N-dealkylation sites (tertiary alicyclic amines) is 1. The van der Waals surface area contributed by atoms with Crippen LogP contribution in [-0.4, -0.2) is 46.7 Å². The van der Waals surface area contributed by atoms with Gasteiger partial charge in [0.25, 0.3) is 5.91 Å². The number of nitrogens with zero attached hydrogens (tertiary/aromatic N) is 3. The monoisotopic (exact) mass is 327 g/mol. The van der Waals surface area contributed by atoms with Gasteiger partial charge in [-0.05, 0) is 25.3 Å². The molecule has 1 aromatic heterocycles. The van der Waals surface area contributed by atoms with Gasteiger partial charge >= 0.3 is 0 Å². The average molecular weight is 327 g/mol. The number of hydrogen-bond donors (Lipinski definition) is 0. The zero-order valence-electron chi connectivity index (χ0n) is 14.6. The first-order valence-corrected chi connectivity index (χ1v) is 8.43. The number of aryl methyl sites for hydroxylation is 2. The zero-order valence-corrected chi connectivity index (χ0v) is 14.6. The van der Waals surface area contributed by atoms with Gasteiger partial charge in [-0.3, -0.25) is 4.79 Å². The Kier molecular flexibility index (Phi) is 5.00. The first kappa shape index (κ1) is 16.7. The molecule has 2 aromatic rings. The molecule has 3 rings (SSSR count). The lowest BCUT2D eigenvalue weighted by Gasteiger charge is -2.37. The zero-order chi connectivity index (χ0) is 17.1. The molecule has 24 heavy (non-hydrogen) atoms. The number of amides is 1. The maximum atomic E-state index is 12.7. The maximum absolute atomic E-state index is 12.7. The highest BCUT2D eigenvalue weighted by Crippen LogP contribution is 2.25. The highest BCUT2D eigenvalue weighted by molar-refractivity contribution is 5.90. The van der Waals surface area contributed by atoms with Gasteiger partial charge in [0.1, 0.15) is 0 Å². The smallest absolute Gasteiger partial charge is 0.289 e. The van der Waals surface area contributed by atoms with E-state index in [0.717, 1.165) is 12.8 Å². The summed E-state index contributed by atoms with van der Waals surface area (Å²) in [6, 6.07) is 8.61. The highest BCUT2D eigenvalue weighted by atomic mass is 16.5. The molecule has 0 aliphatic carbocycles. The molecule has 1 saturated heterocycles. The summed E-state index contributed by atoms with van der Waals surface area (Å²) < 4.78 is 7.46. The van der Waals surface area contributed by atoms with Crippen molar-refractivity contribution in [3.05, 3.63) is 53.6 Å². The fourth-order valence-corrected chi connectivity index (χ4v) is 3.44. The Morgan fingerprint density at radius 2 is 2.08 bits per heavy atom. The third-order valence-electron chi connectivity index (χ3n) is 4.89. The number of ether oxygens (including phenoxy) is 1. The summed E-state index contributed by atoms with van der Waals surface area (Å²) >= 11 is 0. The number of piperidine rings is 1. The predicted octanol–water partition coefficient (Wildman–Crippen LogP) is 2.45. The van der Waals surface area contributed by atoms with Crippen molar-refractivity contribution < 1.29 is 9.53 Å². The summed E-state index contributed by atoms with van der Waals surface area (Å²) in [5, 5.41) is 0. The molecule has 0 spiro atoms. The van der Waals surface area contributed by atoms with E-state index in [4.69, 9.17) is 4.74 Å². The highest BCUT2D eigenvalue weighted by Gasteiger charge is 2.33. The Morgan fingerprint density at radius 1 is 1.33 bits per heavy atom. The van der Waals surface area contributed by atoms with E-state index in [1.165, 1.54) is 11.1 Å².